The molecule has 0 aliphatic carbocycles. The molecule has 0 radical (unpaired) electrons. The van der Waals surface area contributed by atoms with Gasteiger partial charge >= 0.3 is 39.5 Å². The molecule has 5 unspecified atom stereocenters. The molecule has 19 heteroatoms. The molecule has 5 atom stereocenters. The molecule has 0 amide bonds. The van der Waals surface area contributed by atoms with Gasteiger partial charge in [-0.3, -0.25) is 37.3 Å². The first-order valence-electron chi connectivity index (χ1n) is 40.1. The van der Waals surface area contributed by atoms with Gasteiger partial charge in [-0.05, 0) is 135 Å². The maximum Gasteiger partial charge on any atom is 0.472 e. The average molecular weight is 1500 g/mol. The van der Waals surface area contributed by atoms with E-state index in [1.54, 1.807) is 0 Å². The molecule has 0 aliphatic rings. The number of allylic oxidation sites excluding steroid dienone is 24. The molecule has 0 fully saturated rings. The molecule has 104 heavy (non-hydrogen) atoms. The van der Waals surface area contributed by atoms with Gasteiger partial charge in [-0.2, -0.15) is 0 Å². The number of hydrogen-bond donors (Lipinski definition) is 3. The molecule has 0 rings (SSSR count). The Balaban J connectivity index is 5.43. The van der Waals surface area contributed by atoms with Crippen LogP contribution in [0.25, 0.3) is 0 Å². The minimum Gasteiger partial charge on any atom is -0.462 e. The summed E-state index contributed by atoms with van der Waals surface area (Å²) in [6, 6.07) is 0. The van der Waals surface area contributed by atoms with Gasteiger partial charge in [0.2, 0.25) is 0 Å². The zero-order chi connectivity index (χ0) is 76.0. The molecule has 0 spiro atoms. The van der Waals surface area contributed by atoms with Gasteiger partial charge in [0.15, 0.2) is 12.2 Å². The highest BCUT2D eigenvalue weighted by atomic mass is 31.2. The van der Waals surface area contributed by atoms with Crippen molar-refractivity contribution in [2.45, 2.75) is 329 Å². The molecule has 0 aliphatic heterocycles. The Bertz CT molecular complexity index is 2540. The van der Waals surface area contributed by atoms with Crippen LogP contribution in [0.5, 0.6) is 0 Å². The quantitative estimate of drug-likeness (QED) is 0.0169. The third-order valence-electron chi connectivity index (χ3n) is 16.3. The van der Waals surface area contributed by atoms with E-state index in [-0.39, 0.29) is 25.7 Å². The van der Waals surface area contributed by atoms with Crippen molar-refractivity contribution < 1.29 is 80.2 Å². The van der Waals surface area contributed by atoms with E-state index in [0.717, 1.165) is 161 Å². The van der Waals surface area contributed by atoms with E-state index in [2.05, 4.69) is 161 Å². The lowest BCUT2D eigenvalue weighted by molar-refractivity contribution is -0.161. The van der Waals surface area contributed by atoms with Gasteiger partial charge in [0.25, 0.3) is 0 Å². The van der Waals surface area contributed by atoms with Crippen LogP contribution in [-0.2, 0) is 65.4 Å². The van der Waals surface area contributed by atoms with Crippen LogP contribution in [0.2, 0.25) is 0 Å². The number of phosphoric ester groups is 2. The van der Waals surface area contributed by atoms with Gasteiger partial charge < -0.3 is 33.8 Å². The second kappa shape index (κ2) is 76.1. The molecule has 3 N–H and O–H groups in total. The fraction of sp³-hybridized carbons (Fsp3) is 0.671. The molecule has 0 bridgehead atoms. The number of carbonyl (C=O) groups is 4. The Morgan fingerprint density at radius 3 is 0.856 bits per heavy atom. The highest BCUT2D eigenvalue weighted by Gasteiger charge is 2.30. The van der Waals surface area contributed by atoms with Gasteiger partial charge in [0.05, 0.1) is 26.4 Å². The fourth-order valence-corrected chi connectivity index (χ4v) is 11.8. The average Bonchev–Trinajstić information content (AvgIpc) is 0.911. The Hall–Kier alpha value is -5.06. The van der Waals surface area contributed by atoms with Gasteiger partial charge in [-0.1, -0.05) is 296 Å². The summed E-state index contributed by atoms with van der Waals surface area (Å²) in [7, 11) is -9.99. The first-order chi connectivity index (χ1) is 50.7. The number of rotatable bonds is 74. The van der Waals surface area contributed by atoms with Crippen LogP contribution in [0, 0.1) is 0 Å². The number of hydrogen-bond acceptors (Lipinski definition) is 15. The van der Waals surface area contributed by atoms with Crippen LogP contribution < -0.4 is 0 Å². The first kappa shape index (κ1) is 98.9. The van der Waals surface area contributed by atoms with Gasteiger partial charge in [-0.25, -0.2) is 9.13 Å². The highest BCUT2D eigenvalue weighted by molar-refractivity contribution is 7.47. The molecule has 17 nitrogen and oxygen atoms in total. The zero-order valence-electron chi connectivity index (χ0n) is 64.9. The summed E-state index contributed by atoms with van der Waals surface area (Å²) >= 11 is 0. The fourth-order valence-electron chi connectivity index (χ4n) is 10.3. The summed E-state index contributed by atoms with van der Waals surface area (Å²) in [4.78, 5) is 73.0. The molecular formula is C85H142O17P2. The van der Waals surface area contributed by atoms with Crippen LogP contribution in [0.15, 0.2) is 146 Å². The number of carbonyl (C=O) groups excluding carboxylic acids is 4. The van der Waals surface area contributed by atoms with Crippen molar-refractivity contribution in [2.75, 3.05) is 39.6 Å². The van der Waals surface area contributed by atoms with E-state index in [0.29, 0.717) is 32.1 Å². The van der Waals surface area contributed by atoms with Crippen LogP contribution in [0.1, 0.15) is 310 Å². The summed E-state index contributed by atoms with van der Waals surface area (Å²) in [5.41, 5.74) is 0. The lowest BCUT2D eigenvalue weighted by Crippen LogP contribution is -2.30. The smallest absolute Gasteiger partial charge is 0.462 e. The normalized spacial score (nSPS) is 14.6. The predicted molar refractivity (Wildman–Crippen MR) is 427 cm³/mol. The summed E-state index contributed by atoms with van der Waals surface area (Å²) in [5, 5.41) is 10.6. The number of aliphatic hydroxyl groups excluding tert-OH is 1. The van der Waals surface area contributed by atoms with E-state index in [1.807, 2.05) is 12.2 Å². The molecule has 0 heterocycles. The van der Waals surface area contributed by atoms with Crippen LogP contribution >= 0.6 is 15.6 Å². The van der Waals surface area contributed by atoms with E-state index in [4.69, 9.17) is 37.0 Å². The summed E-state index contributed by atoms with van der Waals surface area (Å²) < 4.78 is 68.5. The number of unbranched alkanes of at least 4 members (excludes halogenated alkanes) is 24. The molecule has 0 aromatic heterocycles. The van der Waals surface area contributed by atoms with E-state index < -0.39 is 97.5 Å². The third-order valence-corrected chi connectivity index (χ3v) is 18.2. The van der Waals surface area contributed by atoms with Crippen molar-refractivity contribution >= 4 is 39.5 Å². The summed E-state index contributed by atoms with van der Waals surface area (Å²) in [6.07, 6.45) is 86.9. The standard InChI is InChI=1S/C85H142O17P2/c1-5-9-13-17-21-25-29-33-36-38-39-41-44-47-50-54-58-62-66-70-83(88)96-76-81(102-85(90)72-68-64-60-56-52-48-42-35-31-27-23-19-15-11-7-3)78-100-104(93,94)98-74-79(86)73-97-103(91,92)99-77-80(101-84(89)71-67-63-59-55-51-45-32-28-24-20-16-12-8-4)75-95-82(87)69-65-61-57-53-49-46-43-40-37-34-30-26-22-18-14-10-6-2/h9-10,13-14,16,20-22,25-26,28,32-34,36-37,39,41,43,46-47,50,53,57,79-81,86H,5-8,11-12,15,17-19,23-24,27,29-31,35,38,40,42,44-45,48-49,51-52,54-56,58-78H2,1-4H3,(H,91,92)(H,93,94)/b13-9-,14-10-,20-16-,25-21-,26-22-,32-28-,36-33-,37-34-,41-39-,46-43-,50-47-,57-53-. The summed E-state index contributed by atoms with van der Waals surface area (Å²) in [5.74, 6) is -2.29. The lowest BCUT2D eigenvalue weighted by atomic mass is 10.0. The third kappa shape index (κ3) is 75.2. The Morgan fingerprint density at radius 2 is 0.529 bits per heavy atom. The molecular weight excluding hydrogens is 1350 g/mol. The van der Waals surface area contributed by atoms with Gasteiger partial charge in [-0.15, -0.1) is 0 Å². The SMILES string of the molecule is CC/C=C\C/C=C\C/C=C\C/C=C\C/C=C\CCCCCC(=O)OCC(COP(=O)(O)OCC(O)COP(=O)(O)OCC(COC(=O)CCC/C=C\C/C=C\C/C=C\C/C=C\C/C=C\CC)OC(=O)CCCCCCC/C=C\C/C=C\CCC)OC(=O)CCCCCCCCCCCCCCCCC. The minimum atomic E-state index is -5.00. The van der Waals surface area contributed by atoms with E-state index in [1.165, 1.54) is 64.2 Å². The Kier molecular flexibility index (Phi) is 72.4. The molecule has 0 aromatic rings. The molecule has 0 saturated carbocycles. The Morgan fingerprint density at radius 1 is 0.279 bits per heavy atom. The zero-order valence-corrected chi connectivity index (χ0v) is 66.7. The van der Waals surface area contributed by atoms with Gasteiger partial charge in [0.1, 0.15) is 19.3 Å². The van der Waals surface area contributed by atoms with Crippen LogP contribution in [-0.4, -0.2) is 96.7 Å². The maximum absolute atomic E-state index is 13.1. The number of aliphatic hydroxyl groups is 1. The van der Waals surface area contributed by atoms with Crippen molar-refractivity contribution in [2.24, 2.45) is 0 Å². The predicted octanol–water partition coefficient (Wildman–Crippen LogP) is 23.4. The van der Waals surface area contributed by atoms with Crippen LogP contribution in [0.4, 0.5) is 0 Å². The number of ether oxygens (including phenoxy) is 4. The van der Waals surface area contributed by atoms with Crippen molar-refractivity contribution in [3.8, 4) is 0 Å². The second-order valence-corrected chi connectivity index (χ2v) is 29.2. The Labute approximate surface area is 630 Å². The monoisotopic (exact) mass is 1500 g/mol. The highest BCUT2D eigenvalue weighted by Crippen LogP contribution is 2.45. The van der Waals surface area contributed by atoms with E-state index >= 15 is 0 Å². The summed E-state index contributed by atoms with van der Waals surface area (Å²) in [6.45, 7) is 4.48. The number of phosphoric acid groups is 2. The van der Waals surface area contributed by atoms with E-state index in [9.17, 15) is 43.2 Å². The van der Waals surface area contributed by atoms with Gasteiger partial charge in [0, 0.05) is 25.7 Å². The first-order valence-corrected chi connectivity index (χ1v) is 43.1. The molecule has 594 valence electrons. The molecule has 0 aromatic carbocycles. The molecule has 0 saturated heterocycles. The number of esters is 4. The van der Waals surface area contributed by atoms with Crippen molar-refractivity contribution in [3.63, 3.8) is 0 Å². The topological polar surface area (TPSA) is 237 Å². The second-order valence-electron chi connectivity index (χ2n) is 26.2. The van der Waals surface area contributed by atoms with Crippen molar-refractivity contribution in [1.29, 1.82) is 0 Å². The van der Waals surface area contributed by atoms with Crippen molar-refractivity contribution in [3.05, 3.63) is 146 Å². The lowest BCUT2D eigenvalue weighted by Gasteiger charge is -2.21. The maximum atomic E-state index is 13.1. The van der Waals surface area contributed by atoms with Crippen molar-refractivity contribution in [1.82, 2.24) is 0 Å². The largest absolute Gasteiger partial charge is 0.472 e. The van der Waals surface area contributed by atoms with Crippen LogP contribution in [0.3, 0.4) is 0 Å². The minimum absolute atomic E-state index is 0.0623.